The van der Waals surface area contributed by atoms with Gasteiger partial charge in [-0.3, -0.25) is 13.9 Å². The molecule has 0 aromatic heterocycles. The Morgan fingerprint density at radius 1 is 1.09 bits per heavy atom. The molecule has 6 atom stereocenters. The maximum atomic E-state index is 11.9. The van der Waals surface area contributed by atoms with Gasteiger partial charge in [-0.25, -0.2) is 0 Å². The van der Waals surface area contributed by atoms with Crippen LogP contribution in [-0.2, 0) is 46.0 Å². The van der Waals surface area contributed by atoms with Crippen molar-refractivity contribution in [2.24, 2.45) is 5.11 Å². The zero-order chi connectivity index (χ0) is 24.3. The molecule has 2 aromatic rings. The zero-order valence-electron chi connectivity index (χ0n) is 18.4. The van der Waals surface area contributed by atoms with Crippen molar-refractivity contribution >= 4 is 14.2 Å². The van der Waals surface area contributed by atoms with Gasteiger partial charge in [0.05, 0.1) is 19.8 Å². The molecule has 1 aliphatic rings. The normalized spacial score (nSPS) is 25.2. The van der Waals surface area contributed by atoms with Gasteiger partial charge in [0.15, 0.2) is 12.4 Å². The van der Waals surface area contributed by atoms with E-state index < -0.39 is 44.9 Å². The van der Waals surface area contributed by atoms with E-state index in [1.807, 2.05) is 60.7 Å². The van der Waals surface area contributed by atoms with Gasteiger partial charge in [-0.1, -0.05) is 65.8 Å². The van der Waals surface area contributed by atoms with Gasteiger partial charge in [-0.15, -0.1) is 0 Å². The highest BCUT2D eigenvalue weighted by atomic mass is 31.1. The first-order chi connectivity index (χ1) is 16.5. The van der Waals surface area contributed by atoms with Crippen molar-refractivity contribution in [2.45, 2.75) is 50.8 Å². The lowest BCUT2D eigenvalue weighted by atomic mass is 9.97. The van der Waals surface area contributed by atoms with Crippen molar-refractivity contribution in [1.29, 1.82) is 0 Å². The first kappa shape index (κ1) is 25.9. The SMILES string of the molecule is CC(=O)O[C@H]1[C@H](OCc2ccccc2)[C@@H](N=[N+]=[N-])[C@@H](O[PH](=O)O)O[C@@H]1COCc1ccccc1. The number of carbonyl (C=O) groups is 1. The van der Waals surface area contributed by atoms with Crippen LogP contribution in [0.2, 0.25) is 0 Å². The van der Waals surface area contributed by atoms with Crippen LogP contribution in [0.25, 0.3) is 10.4 Å². The van der Waals surface area contributed by atoms with Crippen molar-refractivity contribution < 1.29 is 37.7 Å². The van der Waals surface area contributed by atoms with Crippen LogP contribution >= 0.6 is 8.25 Å². The largest absolute Gasteiger partial charge is 0.457 e. The summed E-state index contributed by atoms with van der Waals surface area (Å²) in [5, 5.41) is 3.67. The second kappa shape index (κ2) is 13.2. The Morgan fingerprint density at radius 2 is 1.71 bits per heavy atom. The maximum absolute atomic E-state index is 11.9. The highest BCUT2D eigenvalue weighted by Gasteiger charge is 2.49. The van der Waals surface area contributed by atoms with Crippen LogP contribution in [0.5, 0.6) is 0 Å². The third kappa shape index (κ3) is 7.65. The van der Waals surface area contributed by atoms with Crippen molar-refractivity contribution in [3.63, 3.8) is 0 Å². The number of hydrogen-bond donors (Lipinski definition) is 1. The molecule has 182 valence electrons. The van der Waals surface area contributed by atoms with E-state index in [0.29, 0.717) is 0 Å². The Morgan fingerprint density at radius 3 is 2.26 bits per heavy atom. The average Bonchev–Trinajstić information content (AvgIpc) is 2.82. The number of esters is 1. The molecule has 3 rings (SSSR count). The molecule has 11 nitrogen and oxygen atoms in total. The van der Waals surface area contributed by atoms with Gasteiger partial charge in [-0.2, -0.15) is 0 Å². The molecule has 1 unspecified atom stereocenters. The fourth-order valence-electron chi connectivity index (χ4n) is 3.56. The molecule has 0 saturated carbocycles. The summed E-state index contributed by atoms with van der Waals surface area (Å²) in [6.07, 6.45) is -4.41. The number of carbonyl (C=O) groups excluding carboxylic acids is 1. The smallest absolute Gasteiger partial charge is 0.318 e. The fourth-order valence-corrected chi connectivity index (χ4v) is 3.96. The Hall–Kier alpha value is -2.75. The van der Waals surface area contributed by atoms with Crippen LogP contribution in [0.1, 0.15) is 18.1 Å². The highest BCUT2D eigenvalue weighted by Crippen LogP contribution is 2.34. The summed E-state index contributed by atoms with van der Waals surface area (Å²) >= 11 is 0. The molecule has 12 heteroatoms. The quantitative estimate of drug-likeness (QED) is 0.165. The number of nitrogens with zero attached hydrogens (tertiary/aromatic N) is 3. The van der Waals surface area contributed by atoms with Crippen molar-refractivity contribution in [2.75, 3.05) is 6.61 Å². The summed E-state index contributed by atoms with van der Waals surface area (Å²) in [6.45, 7) is 1.53. The number of benzene rings is 2. The molecule has 2 aromatic carbocycles. The minimum Gasteiger partial charge on any atom is -0.457 e. The van der Waals surface area contributed by atoms with Crippen LogP contribution in [0, 0.1) is 0 Å². The van der Waals surface area contributed by atoms with Crippen molar-refractivity contribution in [1.82, 2.24) is 0 Å². The lowest BCUT2D eigenvalue weighted by Gasteiger charge is -2.43. The van der Waals surface area contributed by atoms with E-state index in [4.69, 9.17) is 29.0 Å². The molecule has 34 heavy (non-hydrogen) atoms. The molecule has 0 radical (unpaired) electrons. The van der Waals surface area contributed by atoms with Gasteiger partial charge in [0.25, 0.3) is 0 Å². The van der Waals surface area contributed by atoms with Gasteiger partial charge in [-0.05, 0) is 16.7 Å². The van der Waals surface area contributed by atoms with Crippen LogP contribution in [0.3, 0.4) is 0 Å². The summed E-state index contributed by atoms with van der Waals surface area (Å²) in [4.78, 5) is 24.1. The van der Waals surface area contributed by atoms with E-state index in [0.717, 1.165) is 11.1 Å². The van der Waals surface area contributed by atoms with Crippen LogP contribution < -0.4 is 0 Å². The zero-order valence-corrected chi connectivity index (χ0v) is 19.4. The standard InChI is InChI=1S/C22H26N3O8P/c1-15(26)31-20-18(14-29-12-16-8-4-2-5-9-16)32-22(33-34(27)28)19(24-25-23)21(20)30-13-17-10-6-3-7-11-17/h2-11,18-22,34H,12-14H2,1H3,(H,27,28)/t18-,19-,20-,21-,22-/m1/s1. The highest BCUT2D eigenvalue weighted by molar-refractivity contribution is 7.32. The van der Waals surface area contributed by atoms with E-state index in [1.165, 1.54) is 6.92 Å². The molecule has 1 fully saturated rings. The average molecular weight is 491 g/mol. The van der Waals surface area contributed by atoms with Gasteiger partial charge < -0.3 is 23.8 Å². The summed E-state index contributed by atoms with van der Waals surface area (Å²) in [5.74, 6) is -0.607. The van der Waals surface area contributed by atoms with Gasteiger partial charge in [0.2, 0.25) is 0 Å². The summed E-state index contributed by atoms with van der Waals surface area (Å²) < 4.78 is 39.6. The molecular formula is C22H26N3O8P. The van der Waals surface area contributed by atoms with Crippen molar-refractivity contribution in [3.8, 4) is 0 Å². The van der Waals surface area contributed by atoms with E-state index in [1.54, 1.807) is 0 Å². The topological polar surface area (TPSA) is 149 Å². The molecule has 1 aliphatic heterocycles. The Kier molecular flexibility index (Phi) is 10.1. The van der Waals surface area contributed by atoms with Gasteiger partial charge in [0, 0.05) is 11.8 Å². The van der Waals surface area contributed by atoms with E-state index >= 15 is 0 Å². The third-order valence-corrected chi connectivity index (χ3v) is 5.43. The molecule has 0 aliphatic carbocycles. The minimum atomic E-state index is -3.46. The van der Waals surface area contributed by atoms with E-state index in [2.05, 4.69) is 10.0 Å². The number of rotatable bonds is 11. The lowest BCUT2D eigenvalue weighted by molar-refractivity contribution is -0.259. The first-order valence-corrected chi connectivity index (χ1v) is 11.8. The van der Waals surface area contributed by atoms with Crippen LogP contribution in [-0.4, -0.2) is 48.1 Å². The van der Waals surface area contributed by atoms with Crippen LogP contribution in [0.4, 0.5) is 0 Å². The van der Waals surface area contributed by atoms with Crippen LogP contribution in [0.15, 0.2) is 65.8 Å². The fraction of sp³-hybridized carbons (Fsp3) is 0.409. The number of ether oxygens (including phenoxy) is 4. The van der Waals surface area contributed by atoms with E-state index in [9.17, 15) is 14.3 Å². The molecular weight excluding hydrogens is 465 g/mol. The summed E-state index contributed by atoms with van der Waals surface area (Å²) in [6, 6.07) is 17.4. The molecule has 1 heterocycles. The van der Waals surface area contributed by atoms with Gasteiger partial charge in [0.1, 0.15) is 18.2 Å². The van der Waals surface area contributed by atoms with E-state index in [-0.39, 0.29) is 19.8 Å². The maximum Gasteiger partial charge on any atom is 0.318 e. The molecule has 0 bridgehead atoms. The number of azide groups is 1. The second-order valence-corrected chi connectivity index (χ2v) is 8.23. The molecule has 1 saturated heterocycles. The second-order valence-electron chi connectivity index (χ2n) is 7.46. The minimum absolute atomic E-state index is 0.0484. The Balaban J connectivity index is 1.84. The predicted molar refractivity (Wildman–Crippen MR) is 121 cm³/mol. The lowest BCUT2D eigenvalue weighted by Crippen LogP contribution is -2.60. The number of hydrogen-bond acceptors (Lipinski definition) is 8. The Bertz CT molecular complexity index is 990. The summed E-state index contributed by atoms with van der Waals surface area (Å²) in [5.41, 5.74) is 10.8. The third-order valence-electron chi connectivity index (χ3n) is 5.00. The Labute approximate surface area is 197 Å². The first-order valence-electron chi connectivity index (χ1n) is 10.5. The molecule has 0 spiro atoms. The van der Waals surface area contributed by atoms with Gasteiger partial charge >= 0.3 is 14.2 Å². The molecule has 0 amide bonds. The summed E-state index contributed by atoms with van der Waals surface area (Å²) in [7, 11) is -3.46. The predicted octanol–water partition coefficient (Wildman–Crippen LogP) is 3.52. The molecule has 1 N–H and O–H groups in total. The van der Waals surface area contributed by atoms with Crippen molar-refractivity contribution in [3.05, 3.63) is 82.2 Å². The monoisotopic (exact) mass is 491 g/mol.